The number of aromatic nitrogens is 1. The van der Waals surface area contributed by atoms with Crippen LogP contribution in [-0.4, -0.2) is 50.9 Å². The maximum absolute atomic E-state index is 13.6. The minimum Gasteiger partial charge on any atom is -0.351 e. The van der Waals surface area contributed by atoms with Crippen molar-refractivity contribution in [2.24, 2.45) is 5.41 Å². The van der Waals surface area contributed by atoms with Crippen LogP contribution in [0.4, 0.5) is 0 Å². The fourth-order valence-corrected chi connectivity index (χ4v) is 6.38. The monoisotopic (exact) mass is 393 g/mol. The van der Waals surface area contributed by atoms with E-state index in [9.17, 15) is 9.59 Å². The number of likely N-dealkylation sites (tertiary alicyclic amines) is 2. The zero-order valence-electron chi connectivity index (χ0n) is 17.0. The molecule has 5 atom stereocenters. The lowest BCUT2D eigenvalue weighted by molar-refractivity contribution is -0.133. The summed E-state index contributed by atoms with van der Waals surface area (Å²) in [4.78, 5) is 30.5. The number of carbonyl (C=O) groups is 2. The molecular formula is C23H27N3O3. The third kappa shape index (κ3) is 2.72. The van der Waals surface area contributed by atoms with E-state index in [1.807, 2.05) is 18.2 Å². The second-order valence-corrected chi connectivity index (χ2v) is 9.01. The molecule has 2 aliphatic heterocycles. The molecule has 3 heterocycles. The number of benzene rings is 1. The van der Waals surface area contributed by atoms with Gasteiger partial charge in [0, 0.05) is 30.5 Å². The van der Waals surface area contributed by atoms with Crippen LogP contribution < -0.4 is 0 Å². The van der Waals surface area contributed by atoms with Crippen LogP contribution in [0, 0.1) is 5.41 Å². The maximum atomic E-state index is 13.6. The molecule has 2 amide bonds. The quantitative estimate of drug-likeness (QED) is 0.803. The minimum absolute atomic E-state index is 0.0314. The molecule has 3 aliphatic rings. The summed E-state index contributed by atoms with van der Waals surface area (Å²) in [6.45, 7) is 3.95. The van der Waals surface area contributed by atoms with Gasteiger partial charge in [0.15, 0.2) is 0 Å². The summed E-state index contributed by atoms with van der Waals surface area (Å²) in [5.74, 6) is 0.302. The van der Waals surface area contributed by atoms with E-state index in [2.05, 4.69) is 34.0 Å². The van der Waals surface area contributed by atoms with Crippen LogP contribution >= 0.6 is 0 Å². The highest BCUT2D eigenvalue weighted by Crippen LogP contribution is 2.56. The van der Waals surface area contributed by atoms with Crippen LogP contribution in [0.5, 0.6) is 0 Å². The van der Waals surface area contributed by atoms with Gasteiger partial charge in [0.25, 0.3) is 5.91 Å². The van der Waals surface area contributed by atoms with Gasteiger partial charge in [0.1, 0.15) is 0 Å². The van der Waals surface area contributed by atoms with E-state index in [-0.39, 0.29) is 47.2 Å². The van der Waals surface area contributed by atoms with E-state index in [1.54, 1.807) is 13.0 Å². The Morgan fingerprint density at radius 2 is 1.86 bits per heavy atom. The van der Waals surface area contributed by atoms with Gasteiger partial charge < -0.3 is 14.3 Å². The van der Waals surface area contributed by atoms with Gasteiger partial charge in [-0.2, -0.15) is 0 Å². The molecule has 6 nitrogen and oxygen atoms in total. The van der Waals surface area contributed by atoms with Crippen LogP contribution in [0.2, 0.25) is 0 Å². The van der Waals surface area contributed by atoms with Crippen LogP contribution in [0.25, 0.3) is 0 Å². The Balaban J connectivity index is 1.62. The highest BCUT2D eigenvalue weighted by molar-refractivity contribution is 5.92. The van der Waals surface area contributed by atoms with Crippen LogP contribution in [-0.2, 0) is 11.2 Å². The van der Waals surface area contributed by atoms with Gasteiger partial charge in [0.2, 0.25) is 11.7 Å². The summed E-state index contributed by atoms with van der Waals surface area (Å²) in [7, 11) is 0. The lowest BCUT2D eigenvalue weighted by atomic mass is 9.64. The van der Waals surface area contributed by atoms with Crippen molar-refractivity contribution in [3.8, 4) is 0 Å². The number of hydrogen-bond donors (Lipinski definition) is 0. The van der Waals surface area contributed by atoms with Gasteiger partial charge in [0.05, 0.1) is 18.3 Å². The molecule has 2 saturated heterocycles. The summed E-state index contributed by atoms with van der Waals surface area (Å²) in [6, 6.07) is 12.2. The fraction of sp³-hybridized carbons (Fsp3) is 0.522. The Morgan fingerprint density at radius 1 is 1.14 bits per heavy atom. The highest BCUT2D eigenvalue weighted by atomic mass is 16.5. The van der Waals surface area contributed by atoms with E-state index in [0.717, 1.165) is 32.1 Å². The Bertz CT molecular complexity index is 913. The summed E-state index contributed by atoms with van der Waals surface area (Å²) >= 11 is 0. The average Bonchev–Trinajstić information content (AvgIpc) is 3.33. The Kier molecular flexibility index (Phi) is 4.26. The normalized spacial score (nSPS) is 33.0. The molecular weight excluding hydrogens is 366 g/mol. The molecule has 1 aromatic heterocycles. The van der Waals surface area contributed by atoms with Crippen molar-refractivity contribution in [1.82, 2.24) is 15.0 Å². The number of nitrogens with zero attached hydrogens (tertiary/aromatic N) is 3. The SMILES string of the molecule is CC(=O)N1[C@H]2CCC[C@H]3N(C(=O)c4ccno4)[C@@H](Cc4ccccc4)[C@@H]1C[C@@]23C. The Labute approximate surface area is 170 Å². The van der Waals surface area contributed by atoms with Crippen molar-refractivity contribution >= 4 is 11.8 Å². The molecule has 0 unspecified atom stereocenters. The van der Waals surface area contributed by atoms with Gasteiger partial charge in [-0.05, 0) is 37.7 Å². The third-order valence-corrected chi connectivity index (χ3v) is 7.49. The molecule has 1 aromatic carbocycles. The summed E-state index contributed by atoms with van der Waals surface area (Å²) in [6.07, 6.45) is 6.22. The largest absolute Gasteiger partial charge is 0.351 e. The van der Waals surface area contributed by atoms with E-state index in [0.29, 0.717) is 0 Å². The lowest BCUT2D eigenvalue weighted by Crippen LogP contribution is -2.62. The summed E-state index contributed by atoms with van der Waals surface area (Å²) < 4.78 is 5.26. The second kappa shape index (κ2) is 6.71. The zero-order chi connectivity index (χ0) is 20.2. The van der Waals surface area contributed by atoms with Crippen molar-refractivity contribution in [3.05, 3.63) is 53.9 Å². The van der Waals surface area contributed by atoms with Crippen molar-refractivity contribution in [2.45, 2.75) is 70.1 Å². The molecule has 6 heteroatoms. The second-order valence-electron chi connectivity index (χ2n) is 9.01. The Morgan fingerprint density at radius 3 is 2.52 bits per heavy atom. The molecule has 1 aliphatic carbocycles. The van der Waals surface area contributed by atoms with E-state index in [1.165, 1.54) is 11.8 Å². The Hall–Kier alpha value is -2.63. The molecule has 29 heavy (non-hydrogen) atoms. The topological polar surface area (TPSA) is 66.7 Å². The van der Waals surface area contributed by atoms with E-state index < -0.39 is 0 Å². The number of rotatable bonds is 3. The summed E-state index contributed by atoms with van der Waals surface area (Å²) in [5.41, 5.74) is 1.11. The lowest BCUT2D eigenvalue weighted by Gasteiger charge is -2.52. The molecule has 3 fully saturated rings. The van der Waals surface area contributed by atoms with Crippen molar-refractivity contribution < 1.29 is 14.1 Å². The number of hydrogen-bond acceptors (Lipinski definition) is 4. The maximum Gasteiger partial charge on any atom is 0.293 e. The predicted octanol–water partition coefficient (Wildman–Crippen LogP) is 3.29. The first-order chi connectivity index (χ1) is 14.0. The average molecular weight is 393 g/mol. The molecule has 2 bridgehead atoms. The van der Waals surface area contributed by atoms with Gasteiger partial charge >= 0.3 is 0 Å². The molecule has 2 aromatic rings. The van der Waals surface area contributed by atoms with E-state index >= 15 is 0 Å². The van der Waals surface area contributed by atoms with E-state index in [4.69, 9.17) is 4.52 Å². The minimum atomic E-state index is -0.101. The van der Waals surface area contributed by atoms with Crippen molar-refractivity contribution in [2.75, 3.05) is 0 Å². The fourth-order valence-electron chi connectivity index (χ4n) is 6.38. The van der Waals surface area contributed by atoms with Gasteiger partial charge in [-0.25, -0.2) is 0 Å². The highest BCUT2D eigenvalue weighted by Gasteiger charge is 2.64. The molecule has 152 valence electrons. The first-order valence-corrected chi connectivity index (χ1v) is 10.6. The molecule has 5 rings (SSSR count). The number of amides is 2. The standard InChI is InChI=1S/C23H27N3O3/c1-15(27)25-18-14-23(2)20(25)9-6-10-21(23)26(22(28)19-11-12-24-29-19)17(18)13-16-7-4-3-5-8-16/h3-5,7-8,11-12,17-18,20-21H,6,9-10,13-14H2,1-2H3/t17-,18-,20-,21+,23-/m0/s1. The van der Waals surface area contributed by atoms with Crippen molar-refractivity contribution in [1.29, 1.82) is 0 Å². The van der Waals surface area contributed by atoms with Crippen LogP contribution in [0.1, 0.15) is 55.6 Å². The molecule has 0 radical (unpaired) electrons. The molecule has 1 saturated carbocycles. The van der Waals surface area contributed by atoms with Crippen molar-refractivity contribution in [3.63, 3.8) is 0 Å². The van der Waals surface area contributed by atoms with Gasteiger partial charge in [-0.3, -0.25) is 9.59 Å². The summed E-state index contributed by atoms with van der Waals surface area (Å²) in [5, 5.41) is 3.75. The number of fused-ring (bicyclic) bond motifs is 1. The number of carbonyl (C=O) groups excluding carboxylic acids is 2. The zero-order valence-corrected chi connectivity index (χ0v) is 17.0. The first-order valence-electron chi connectivity index (χ1n) is 10.6. The number of piperidine rings is 1. The van der Waals surface area contributed by atoms with Crippen LogP contribution in [0.3, 0.4) is 0 Å². The third-order valence-electron chi connectivity index (χ3n) is 7.49. The predicted molar refractivity (Wildman–Crippen MR) is 107 cm³/mol. The van der Waals surface area contributed by atoms with Crippen LogP contribution in [0.15, 0.2) is 47.1 Å². The van der Waals surface area contributed by atoms with Gasteiger partial charge in [-0.1, -0.05) is 42.4 Å². The molecule has 0 spiro atoms. The smallest absolute Gasteiger partial charge is 0.293 e. The first kappa shape index (κ1) is 18.4. The molecule has 0 N–H and O–H groups in total. The van der Waals surface area contributed by atoms with Gasteiger partial charge in [-0.15, -0.1) is 0 Å².